The molecule has 1 amide bonds. The number of anilines is 1. The largest absolute Gasteiger partial charge is 0.301 e. The van der Waals surface area contributed by atoms with Crippen LogP contribution in [-0.4, -0.2) is 46.6 Å². The van der Waals surface area contributed by atoms with Gasteiger partial charge in [0.2, 0.25) is 11.9 Å². The number of carbonyl (C=O) groups is 1. The van der Waals surface area contributed by atoms with Gasteiger partial charge in [-0.15, -0.1) is 0 Å². The molecule has 0 fully saturated rings. The zero-order valence-corrected chi connectivity index (χ0v) is 7.03. The van der Waals surface area contributed by atoms with Gasteiger partial charge in [-0.25, -0.2) is 5.10 Å². The Bertz CT molecular complexity index is 242. The molecule has 0 saturated heterocycles. The molecule has 0 spiro atoms. The molecule has 1 aromatic rings. The number of rotatable bonds is 3. The van der Waals surface area contributed by atoms with Crippen molar-refractivity contribution in [2.45, 2.75) is 0 Å². The SMILES string of the molecule is CN(C)CC(=O)Nc1ncn[nH]1. The Labute approximate surface area is 70.0 Å². The zero-order chi connectivity index (χ0) is 8.97. The number of nitrogens with one attached hydrogen (secondary N) is 2. The summed E-state index contributed by atoms with van der Waals surface area (Å²) in [6.07, 6.45) is 1.34. The van der Waals surface area contributed by atoms with Crippen molar-refractivity contribution < 1.29 is 4.79 Å². The van der Waals surface area contributed by atoms with Crippen molar-refractivity contribution in [3.05, 3.63) is 6.33 Å². The predicted molar refractivity (Wildman–Crippen MR) is 43.6 cm³/mol. The standard InChI is InChI=1S/C6H11N5O/c1-11(2)3-5(12)9-6-7-4-8-10-6/h4H,3H2,1-2H3,(H2,7,8,9,10,12). The van der Waals surface area contributed by atoms with E-state index in [4.69, 9.17) is 0 Å². The maximum absolute atomic E-state index is 11.1. The lowest BCUT2D eigenvalue weighted by molar-refractivity contribution is -0.116. The van der Waals surface area contributed by atoms with Crippen molar-refractivity contribution in [2.24, 2.45) is 0 Å². The number of hydrogen-bond acceptors (Lipinski definition) is 4. The highest BCUT2D eigenvalue weighted by atomic mass is 16.2. The van der Waals surface area contributed by atoms with Crippen molar-refractivity contribution in [3.8, 4) is 0 Å². The molecule has 0 bridgehead atoms. The number of aromatic amines is 1. The van der Waals surface area contributed by atoms with Gasteiger partial charge in [-0.3, -0.25) is 10.1 Å². The molecule has 0 atom stereocenters. The number of nitrogens with zero attached hydrogens (tertiary/aromatic N) is 3. The molecule has 6 heteroatoms. The van der Waals surface area contributed by atoms with Crippen LogP contribution in [0, 0.1) is 0 Å². The van der Waals surface area contributed by atoms with Gasteiger partial charge in [0.25, 0.3) is 0 Å². The molecular weight excluding hydrogens is 158 g/mol. The summed E-state index contributed by atoms with van der Waals surface area (Å²) in [6, 6.07) is 0. The molecule has 0 aliphatic carbocycles. The van der Waals surface area contributed by atoms with E-state index in [0.717, 1.165) is 0 Å². The minimum Gasteiger partial charge on any atom is -0.301 e. The van der Waals surface area contributed by atoms with Crippen molar-refractivity contribution in [1.29, 1.82) is 0 Å². The number of likely N-dealkylation sites (N-methyl/N-ethyl adjacent to an activating group) is 1. The van der Waals surface area contributed by atoms with Crippen LogP contribution in [0.25, 0.3) is 0 Å². The highest BCUT2D eigenvalue weighted by Crippen LogP contribution is 1.91. The van der Waals surface area contributed by atoms with Gasteiger partial charge in [0, 0.05) is 0 Å². The minimum atomic E-state index is -0.114. The summed E-state index contributed by atoms with van der Waals surface area (Å²) < 4.78 is 0. The van der Waals surface area contributed by atoms with Crippen molar-refractivity contribution >= 4 is 11.9 Å². The molecule has 1 heterocycles. The van der Waals surface area contributed by atoms with E-state index in [1.54, 1.807) is 4.90 Å². The molecule has 0 saturated carbocycles. The molecule has 0 radical (unpaired) electrons. The Hall–Kier alpha value is -1.43. The first kappa shape index (κ1) is 8.66. The van der Waals surface area contributed by atoms with E-state index < -0.39 is 0 Å². The van der Waals surface area contributed by atoms with Crippen LogP contribution in [0.1, 0.15) is 0 Å². The van der Waals surface area contributed by atoms with E-state index in [1.807, 2.05) is 14.1 Å². The van der Waals surface area contributed by atoms with Crippen LogP contribution in [0.15, 0.2) is 6.33 Å². The summed E-state index contributed by atoms with van der Waals surface area (Å²) in [5.41, 5.74) is 0. The van der Waals surface area contributed by atoms with Gasteiger partial charge < -0.3 is 4.90 Å². The van der Waals surface area contributed by atoms with Crippen LogP contribution < -0.4 is 5.32 Å². The zero-order valence-electron chi connectivity index (χ0n) is 7.03. The van der Waals surface area contributed by atoms with Crippen LogP contribution in [0.5, 0.6) is 0 Å². The fourth-order valence-electron chi connectivity index (χ4n) is 0.725. The molecule has 0 unspecified atom stereocenters. The molecule has 66 valence electrons. The van der Waals surface area contributed by atoms with Crippen LogP contribution in [0.2, 0.25) is 0 Å². The molecule has 1 aromatic heterocycles. The van der Waals surface area contributed by atoms with E-state index in [9.17, 15) is 4.79 Å². The van der Waals surface area contributed by atoms with E-state index in [2.05, 4.69) is 20.5 Å². The normalized spacial score (nSPS) is 10.2. The topological polar surface area (TPSA) is 73.9 Å². The first-order chi connectivity index (χ1) is 5.68. The van der Waals surface area contributed by atoms with E-state index >= 15 is 0 Å². The second-order valence-corrected chi connectivity index (χ2v) is 2.62. The maximum Gasteiger partial charge on any atom is 0.240 e. The number of carbonyl (C=O) groups excluding carboxylic acids is 1. The molecule has 2 N–H and O–H groups in total. The monoisotopic (exact) mass is 169 g/mol. The third-order valence-corrected chi connectivity index (χ3v) is 1.13. The summed E-state index contributed by atoms with van der Waals surface area (Å²) in [4.78, 5) is 16.6. The highest BCUT2D eigenvalue weighted by molar-refractivity contribution is 5.90. The van der Waals surface area contributed by atoms with E-state index in [0.29, 0.717) is 12.5 Å². The molecule has 0 aromatic carbocycles. The fraction of sp³-hybridized carbons (Fsp3) is 0.500. The third-order valence-electron chi connectivity index (χ3n) is 1.13. The molecule has 6 nitrogen and oxygen atoms in total. The van der Waals surface area contributed by atoms with Gasteiger partial charge >= 0.3 is 0 Å². The molecule has 1 rings (SSSR count). The number of amides is 1. The van der Waals surface area contributed by atoms with Gasteiger partial charge in [-0.2, -0.15) is 10.1 Å². The molecule has 0 aliphatic heterocycles. The average Bonchev–Trinajstić information content (AvgIpc) is 2.37. The summed E-state index contributed by atoms with van der Waals surface area (Å²) in [5, 5.41) is 8.66. The Balaban J connectivity index is 2.37. The van der Waals surface area contributed by atoms with Crippen LogP contribution in [0.3, 0.4) is 0 Å². The smallest absolute Gasteiger partial charge is 0.240 e. The quantitative estimate of drug-likeness (QED) is 0.627. The number of hydrogen-bond donors (Lipinski definition) is 2. The fourth-order valence-corrected chi connectivity index (χ4v) is 0.725. The first-order valence-corrected chi connectivity index (χ1v) is 3.48. The van der Waals surface area contributed by atoms with E-state index in [-0.39, 0.29) is 5.91 Å². The third kappa shape index (κ3) is 2.67. The summed E-state index contributed by atoms with van der Waals surface area (Å²) in [7, 11) is 3.64. The van der Waals surface area contributed by atoms with Crippen molar-refractivity contribution in [2.75, 3.05) is 26.0 Å². The molecule has 12 heavy (non-hydrogen) atoms. The van der Waals surface area contributed by atoms with Gasteiger partial charge in [0.15, 0.2) is 0 Å². The summed E-state index contributed by atoms with van der Waals surface area (Å²) in [6.45, 7) is 0.334. The average molecular weight is 169 g/mol. The Morgan fingerprint density at radius 1 is 1.75 bits per heavy atom. The Kier molecular flexibility index (Phi) is 2.76. The van der Waals surface area contributed by atoms with Crippen LogP contribution >= 0.6 is 0 Å². The Morgan fingerprint density at radius 2 is 2.50 bits per heavy atom. The van der Waals surface area contributed by atoms with Gasteiger partial charge in [-0.05, 0) is 14.1 Å². The minimum absolute atomic E-state index is 0.114. The lowest BCUT2D eigenvalue weighted by Crippen LogP contribution is -2.27. The van der Waals surface area contributed by atoms with Gasteiger partial charge in [0.05, 0.1) is 6.54 Å². The second kappa shape index (κ2) is 3.82. The van der Waals surface area contributed by atoms with Gasteiger partial charge in [-0.1, -0.05) is 0 Å². The lowest BCUT2D eigenvalue weighted by Gasteiger charge is -2.07. The van der Waals surface area contributed by atoms with Crippen LogP contribution in [-0.2, 0) is 4.79 Å². The maximum atomic E-state index is 11.1. The highest BCUT2D eigenvalue weighted by Gasteiger charge is 2.04. The molecular formula is C6H11N5O. The molecule has 0 aliphatic rings. The van der Waals surface area contributed by atoms with Crippen LogP contribution in [0.4, 0.5) is 5.95 Å². The number of H-pyrrole nitrogens is 1. The van der Waals surface area contributed by atoms with E-state index in [1.165, 1.54) is 6.33 Å². The predicted octanol–water partition coefficient (Wildman–Crippen LogP) is -0.695. The van der Waals surface area contributed by atoms with Gasteiger partial charge in [0.1, 0.15) is 6.33 Å². The lowest BCUT2D eigenvalue weighted by atomic mass is 10.5. The number of aromatic nitrogens is 3. The first-order valence-electron chi connectivity index (χ1n) is 3.48. The Morgan fingerprint density at radius 3 is 3.00 bits per heavy atom. The summed E-state index contributed by atoms with van der Waals surface area (Å²) >= 11 is 0. The van der Waals surface area contributed by atoms with Crippen molar-refractivity contribution in [3.63, 3.8) is 0 Å². The second-order valence-electron chi connectivity index (χ2n) is 2.62. The van der Waals surface area contributed by atoms with Crippen molar-refractivity contribution in [1.82, 2.24) is 20.1 Å². The summed E-state index contributed by atoms with van der Waals surface area (Å²) in [5.74, 6) is 0.263.